The van der Waals surface area contributed by atoms with Crippen LogP contribution in [0.15, 0.2) is 18.2 Å². The minimum absolute atomic E-state index is 0. The number of hydrogen-bond acceptors (Lipinski definition) is 4. The number of likely N-dealkylation sites (tertiary alicyclic amines) is 1. The summed E-state index contributed by atoms with van der Waals surface area (Å²) < 4.78 is 0. The first-order valence-electron chi connectivity index (χ1n) is 7.40. The molecule has 0 unspecified atom stereocenters. The van der Waals surface area contributed by atoms with Gasteiger partial charge in [0.15, 0.2) is 0 Å². The van der Waals surface area contributed by atoms with Crippen LogP contribution in [0.3, 0.4) is 0 Å². The normalized spacial score (nSPS) is 16.3. The Morgan fingerprint density at radius 1 is 1.41 bits per heavy atom. The zero-order valence-electron chi connectivity index (χ0n) is 12.8. The van der Waals surface area contributed by atoms with Crippen LogP contribution >= 0.6 is 24.0 Å². The van der Waals surface area contributed by atoms with Crippen molar-refractivity contribution >= 4 is 29.7 Å². The summed E-state index contributed by atoms with van der Waals surface area (Å²) in [6, 6.07) is 4.74. The highest BCUT2D eigenvalue weighted by molar-refractivity contribution is 6.31. The second kappa shape index (κ2) is 9.30. The average molecular weight is 348 g/mol. The van der Waals surface area contributed by atoms with Crippen molar-refractivity contribution in [3.8, 4) is 0 Å². The molecule has 1 saturated heterocycles. The van der Waals surface area contributed by atoms with E-state index in [-0.39, 0.29) is 18.1 Å². The summed E-state index contributed by atoms with van der Waals surface area (Å²) in [4.78, 5) is 12.7. The Bertz CT molecular complexity index is 492. The lowest BCUT2D eigenvalue weighted by Crippen LogP contribution is -2.34. The van der Waals surface area contributed by atoms with Crippen LogP contribution in [0.5, 0.6) is 0 Å². The lowest BCUT2D eigenvalue weighted by Gasteiger charge is -2.32. The Morgan fingerprint density at radius 2 is 2.09 bits per heavy atom. The maximum Gasteiger partial charge on any atom is 0.270 e. The Morgan fingerprint density at radius 3 is 2.64 bits per heavy atom. The highest BCUT2D eigenvalue weighted by atomic mass is 35.5. The third-order valence-electron chi connectivity index (χ3n) is 4.15. The van der Waals surface area contributed by atoms with Gasteiger partial charge in [-0.2, -0.15) is 0 Å². The van der Waals surface area contributed by atoms with E-state index in [2.05, 4.69) is 10.2 Å². The van der Waals surface area contributed by atoms with Crippen molar-refractivity contribution in [1.82, 2.24) is 10.2 Å². The van der Waals surface area contributed by atoms with E-state index in [1.54, 1.807) is 6.07 Å². The molecule has 5 nitrogen and oxygen atoms in total. The van der Waals surface area contributed by atoms with Crippen molar-refractivity contribution in [3.05, 3.63) is 38.9 Å². The Balaban J connectivity index is 0.00000242. The molecule has 0 atom stereocenters. The zero-order valence-corrected chi connectivity index (χ0v) is 14.3. The van der Waals surface area contributed by atoms with Gasteiger partial charge in [0.05, 0.1) is 9.95 Å². The molecule has 0 aliphatic carbocycles. The van der Waals surface area contributed by atoms with Gasteiger partial charge >= 0.3 is 0 Å². The SMILES string of the molecule is CNCCC1CCN(Cc2ccc([N+](=O)[O-])cc2Cl)CC1.Cl. The van der Waals surface area contributed by atoms with Crippen LogP contribution in [0.4, 0.5) is 5.69 Å². The highest BCUT2D eigenvalue weighted by Crippen LogP contribution is 2.26. The minimum Gasteiger partial charge on any atom is -0.320 e. The van der Waals surface area contributed by atoms with Gasteiger partial charge in [-0.3, -0.25) is 15.0 Å². The Kier molecular flexibility index (Phi) is 8.10. The standard InChI is InChI=1S/C15H22ClN3O2.ClH/c1-17-7-4-12-5-8-18(9-6-12)11-13-2-3-14(19(20)21)10-15(13)16;/h2-3,10,12,17H,4-9,11H2,1H3;1H. The van der Waals surface area contributed by atoms with Gasteiger partial charge in [-0.05, 0) is 63.5 Å². The summed E-state index contributed by atoms with van der Waals surface area (Å²) in [6.45, 7) is 4.00. The van der Waals surface area contributed by atoms with Crippen molar-refractivity contribution in [2.75, 3.05) is 26.7 Å². The number of rotatable bonds is 6. The topological polar surface area (TPSA) is 58.4 Å². The second-order valence-electron chi connectivity index (χ2n) is 5.64. The molecule has 0 saturated carbocycles. The Hall–Kier alpha value is -0.880. The maximum absolute atomic E-state index is 10.7. The molecule has 0 aromatic heterocycles. The van der Waals surface area contributed by atoms with Gasteiger partial charge in [0.2, 0.25) is 0 Å². The molecule has 0 amide bonds. The molecule has 1 aromatic carbocycles. The zero-order chi connectivity index (χ0) is 15.2. The number of hydrogen-bond donors (Lipinski definition) is 1. The van der Waals surface area contributed by atoms with Crippen LogP contribution < -0.4 is 5.32 Å². The molecule has 22 heavy (non-hydrogen) atoms. The third kappa shape index (κ3) is 5.39. The van der Waals surface area contributed by atoms with Crippen molar-refractivity contribution < 1.29 is 4.92 Å². The summed E-state index contributed by atoms with van der Waals surface area (Å²) in [6.07, 6.45) is 3.67. The minimum atomic E-state index is -0.414. The Labute approximate surface area is 142 Å². The van der Waals surface area contributed by atoms with Gasteiger partial charge in [0.1, 0.15) is 0 Å². The largest absolute Gasteiger partial charge is 0.320 e. The van der Waals surface area contributed by atoms with Crippen molar-refractivity contribution in [1.29, 1.82) is 0 Å². The van der Waals surface area contributed by atoms with E-state index in [1.165, 1.54) is 31.4 Å². The predicted molar refractivity (Wildman–Crippen MR) is 91.9 cm³/mol. The average Bonchev–Trinajstić information content (AvgIpc) is 2.48. The molecule has 1 N–H and O–H groups in total. The van der Waals surface area contributed by atoms with Gasteiger partial charge in [0, 0.05) is 18.7 Å². The molecule has 1 fully saturated rings. The van der Waals surface area contributed by atoms with Crippen molar-refractivity contribution in [2.45, 2.75) is 25.8 Å². The molecule has 124 valence electrons. The molecule has 0 radical (unpaired) electrons. The van der Waals surface area contributed by atoms with Crippen LogP contribution in [0, 0.1) is 16.0 Å². The lowest BCUT2D eigenvalue weighted by atomic mass is 9.93. The van der Waals surface area contributed by atoms with Gasteiger partial charge in [-0.1, -0.05) is 11.6 Å². The van der Waals surface area contributed by atoms with Gasteiger partial charge < -0.3 is 5.32 Å². The van der Waals surface area contributed by atoms with Crippen molar-refractivity contribution in [3.63, 3.8) is 0 Å². The fourth-order valence-electron chi connectivity index (χ4n) is 2.80. The quantitative estimate of drug-likeness (QED) is 0.632. The van der Waals surface area contributed by atoms with Crippen molar-refractivity contribution in [2.24, 2.45) is 5.92 Å². The number of non-ortho nitro benzene ring substituents is 1. The first-order valence-corrected chi connectivity index (χ1v) is 7.77. The molecule has 1 aliphatic heterocycles. The molecular formula is C15H23Cl2N3O2. The summed E-state index contributed by atoms with van der Waals surface area (Å²) in [5.41, 5.74) is 1.02. The molecule has 0 bridgehead atoms. The summed E-state index contributed by atoms with van der Waals surface area (Å²) in [5.74, 6) is 0.807. The monoisotopic (exact) mass is 347 g/mol. The van der Waals surface area contributed by atoms with Crippen LogP contribution in [-0.4, -0.2) is 36.5 Å². The first kappa shape index (κ1) is 19.2. The third-order valence-corrected chi connectivity index (χ3v) is 4.50. The van der Waals surface area contributed by atoms with E-state index >= 15 is 0 Å². The van der Waals surface area contributed by atoms with Gasteiger partial charge in [-0.15, -0.1) is 12.4 Å². The number of nitro groups is 1. The lowest BCUT2D eigenvalue weighted by molar-refractivity contribution is -0.384. The summed E-state index contributed by atoms with van der Waals surface area (Å²) >= 11 is 6.15. The van der Waals surface area contributed by atoms with Crippen LogP contribution in [-0.2, 0) is 6.54 Å². The highest BCUT2D eigenvalue weighted by Gasteiger charge is 2.20. The van der Waals surface area contributed by atoms with E-state index in [0.717, 1.165) is 37.7 Å². The van der Waals surface area contributed by atoms with E-state index in [0.29, 0.717) is 5.02 Å². The van der Waals surface area contributed by atoms with E-state index in [4.69, 9.17) is 11.6 Å². The fourth-order valence-corrected chi connectivity index (χ4v) is 3.04. The molecule has 1 aromatic rings. The molecule has 7 heteroatoms. The second-order valence-corrected chi connectivity index (χ2v) is 6.05. The summed E-state index contributed by atoms with van der Waals surface area (Å²) in [5, 5.41) is 14.4. The van der Waals surface area contributed by atoms with E-state index in [9.17, 15) is 10.1 Å². The first-order chi connectivity index (χ1) is 10.1. The predicted octanol–water partition coefficient (Wildman–Crippen LogP) is 3.49. The number of nitro benzene ring substituents is 1. The molecule has 2 rings (SSSR count). The molecule has 1 heterocycles. The van der Waals surface area contributed by atoms with Crippen LogP contribution in [0.2, 0.25) is 5.02 Å². The maximum atomic E-state index is 10.7. The smallest absolute Gasteiger partial charge is 0.270 e. The van der Waals surface area contributed by atoms with E-state index < -0.39 is 4.92 Å². The number of halogens is 2. The summed E-state index contributed by atoms with van der Waals surface area (Å²) in [7, 11) is 1.99. The van der Waals surface area contributed by atoms with Crippen LogP contribution in [0.25, 0.3) is 0 Å². The molecule has 0 spiro atoms. The van der Waals surface area contributed by atoms with E-state index in [1.807, 2.05) is 7.05 Å². The van der Waals surface area contributed by atoms with Gasteiger partial charge in [-0.25, -0.2) is 0 Å². The number of piperidine rings is 1. The number of nitrogens with zero attached hydrogens (tertiary/aromatic N) is 2. The van der Waals surface area contributed by atoms with Gasteiger partial charge in [0.25, 0.3) is 5.69 Å². The number of benzene rings is 1. The van der Waals surface area contributed by atoms with Crippen LogP contribution in [0.1, 0.15) is 24.8 Å². The number of nitrogens with one attached hydrogen (secondary N) is 1. The molecule has 1 aliphatic rings. The molecular weight excluding hydrogens is 325 g/mol. The fraction of sp³-hybridized carbons (Fsp3) is 0.600.